The fourth-order valence-corrected chi connectivity index (χ4v) is 1.77. The summed E-state index contributed by atoms with van der Waals surface area (Å²) in [7, 11) is 4.15. The molecular formula is C12H24N4. The van der Waals surface area contributed by atoms with Gasteiger partial charge in [0.1, 0.15) is 0 Å². The fourth-order valence-electron chi connectivity index (χ4n) is 1.77. The molecule has 4 heteroatoms. The maximum Gasteiger partial charge on any atom is 0.0625 e. The Morgan fingerprint density at radius 1 is 1.56 bits per heavy atom. The zero-order valence-corrected chi connectivity index (χ0v) is 10.9. The molecule has 0 aliphatic rings. The Hall–Kier alpha value is -0.870. The predicted octanol–water partition coefficient (Wildman–Crippen LogP) is 1.15. The average Bonchev–Trinajstić information content (AvgIpc) is 2.60. The van der Waals surface area contributed by atoms with Crippen molar-refractivity contribution in [1.29, 1.82) is 0 Å². The van der Waals surface area contributed by atoms with Crippen LogP contribution in [0.25, 0.3) is 0 Å². The topological polar surface area (TPSA) is 47.1 Å². The SMILES string of the molecule is CCc1cc(CN(C)C(C)CCN)n(C)n1. The summed E-state index contributed by atoms with van der Waals surface area (Å²) >= 11 is 0. The molecule has 1 aromatic rings. The first kappa shape index (κ1) is 13.2. The Kier molecular flexibility index (Phi) is 4.96. The molecule has 0 aliphatic carbocycles. The Bertz CT molecular complexity index is 319. The Morgan fingerprint density at radius 3 is 2.75 bits per heavy atom. The highest BCUT2D eigenvalue weighted by Gasteiger charge is 2.11. The van der Waals surface area contributed by atoms with Gasteiger partial charge in [-0.15, -0.1) is 0 Å². The van der Waals surface area contributed by atoms with Crippen LogP contribution >= 0.6 is 0 Å². The van der Waals surface area contributed by atoms with Crippen molar-refractivity contribution >= 4 is 0 Å². The van der Waals surface area contributed by atoms with Crippen molar-refractivity contribution in [1.82, 2.24) is 14.7 Å². The molecule has 4 nitrogen and oxygen atoms in total. The van der Waals surface area contributed by atoms with Gasteiger partial charge in [0, 0.05) is 19.6 Å². The maximum atomic E-state index is 5.57. The average molecular weight is 224 g/mol. The molecule has 0 bridgehead atoms. The highest BCUT2D eigenvalue weighted by Crippen LogP contribution is 2.09. The standard InChI is InChI=1S/C12H24N4/c1-5-11-8-12(16(4)14-11)9-15(3)10(2)6-7-13/h8,10H,5-7,9,13H2,1-4H3. The highest BCUT2D eigenvalue weighted by atomic mass is 15.3. The van der Waals surface area contributed by atoms with E-state index in [4.69, 9.17) is 5.73 Å². The van der Waals surface area contributed by atoms with Gasteiger partial charge in [0.25, 0.3) is 0 Å². The third-order valence-electron chi connectivity index (χ3n) is 3.14. The van der Waals surface area contributed by atoms with Crippen molar-refractivity contribution in [3.05, 3.63) is 17.5 Å². The summed E-state index contributed by atoms with van der Waals surface area (Å²) in [6.07, 6.45) is 2.03. The lowest BCUT2D eigenvalue weighted by Crippen LogP contribution is -2.31. The third kappa shape index (κ3) is 3.32. The number of rotatable bonds is 6. The quantitative estimate of drug-likeness (QED) is 0.788. The Morgan fingerprint density at radius 2 is 2.25 bits per heavy atom. The van der Waals surface area contributed by atoms with Crippen molar-refractivity contribution < 1.29 is 0 Å². The van der Waals surface area contributed by atoms with E-state index < -0.39 is 0 Å². The van der Waals surface area contributed by atoms with Crippen LogP contribution in [0.3, 0.4) is 0 Å². The molecule has 2 N–H and O–H groups in total. The molecule has 1 atom stereocenters. The van der Waals surface area contributed by atoms with Gasteiger partial charge in [-0.25, -0.2) is 0 Å². The first-order valence-electron chi connectivity index (χ1n) is 6.00. The summed E-state index contributed by atoms with van der Waals surface area (Å²) in [6, 6.07) is 2.70. The minimum atomic E-state index is 0.518. The van der Waals surface area contributed by atoms with E-state index in [1.165, 1.54) is 5.69 Å². The molecular weight excluding hydrogens is 200 g/mol. The normalized spacial score (nSPS) is 13.4. The lowest BCUT2D eigenvalue weighted by molar-refractivity contribution is 0.234. The molecule has 1 unspecified atom stereocenters. The van der Waals surface area contributed by atoms with Gasteiger partial charge in [0.15, 0.2) is 0 Å². The molecule has 92 valence electrons. The van der Waals surface area contributed by atoms with Gasteiger partial charge in [-0.05, 0) is 39.4 Å². The van der Waals surface area contributed by atoms with E-state index in [1.807, 2.05) is 11.7 Å². The zero-order chi connectivity index (χ0) is 12.1. The second-order valence-corrected chi connectivity index (χ2v) is 4.45. The molecule has 0 fully saturated rings. The van der Waals surface area contributed by atoms with Crippen molar-refractivity contribution in [2.24, 2.45) is 12.8 Å². The van der Waals surface area contributed by atoms with Crippen molar-refractivity contribution in [2.75, 3.05) is 13.6 Å². The number of aromatic nitrogens is 2. The van der Waals surface area contributed by atoms with Gasteiger partial charge in [-0.2, -0.15) is 5.10 Å². The molecule has 0 aliphatic heterocycles. The molecule has 0 saturated heterocycles. The van der Waals surface area contributed by atoms with Gasteiger partial charge in [0.05, 0.1) is 11.4 Å². The first-order valence-corrected chi connectivity index (χ1v) is 6.00. The molecule has 0 aromatic carbocycles. The molecule has 0 saturated carbocycles. The van der Waals surface area contributed by atoms with Crippen LogP contribution in [0.2, 0.25) is 0 Å². The molecule has 0 radical (unpaired) electrons. The first-order chi connectivity index (χ1) is 7.58. The molecule has 16 heavy (non-hydrogen) atoms. The number of hydrogen-bond donors (Lipinski definition) is 1. The predicted molar refractivity (Wildman–Crippen MR) is 67.2 cm³/mol. The lowest BCUT2D eigenvalue weighted by atomic mass is 10.2. The van der Waals surface area contributed by atoms with E-state index in [-0.39, 0.29) is 0 Å². The second-order valence-electron chi connectivity index (χ2n) is 4.45. The monoisotopic (exact) mass is 224 g/mol. The van der Waals surface area contributed by atoms with Gasteiger partial charge in [0.2, 0.25) is 0 Å². The van der Waals surface area contributed by atoms with Crippen molar-refractivity contribution in [3.63, 3.8) is 0 Å². The summed E-state index contributed by atoms with van der Waals surface area (Å²) in [6.45, 7) is 6.03. The third-order valence-corrected chi connectivity index (χ3v) is 3.14. The second kappa shape index (κ2) is 6.01. The maximum absolute atomic E-state index is 5.57. The highest BCUT2D eigenvalue weighted by molar-refractivity contribution is 5.10. The van der Waals surface area contributed by atoms with Crippen LogP contribution < -0.4 is 5.73 Å². The lowest BCUT2D eigenvalue weighted by Gasteiger charge is -2.23. The van der Waals surface area contributed by atoms with Crippen LogP contribution in [0.4, 0.5) is 0 Å². The van der Waals surface area contributed by atoms with Crippen LogP contribution in [0.15, 0.2) is 6.07 Å². The van der Waals surface area contributed by atoms with Crippen molar-refractivity contribution in [2.45, 2.75) is 39.3 Å². The van der Waals surface area contributed by atoms with E-state index in [0.717, 1.165) is 31.6 Å². The van der Waals surface area contributed by atoms with Gasteiger partial charge in [-0.1, -0.05) is 6.92 Å². The van der Waals surface area contributed by atoms with E-state index in [1.54, 1.807) is 0 Å². The van der Waals surface area contributed by atoms with Crippen LogP contribution in [0, 0.1) is 0 Å². The summed E-state index contributed by atoms with van der Waals surface area (Å²) < 4.78 is 1.98. The van der Waals surface area contributed by atoms with Crippen LogP contribution in [-0.2, 0) is 20.0 Å². The van der Waals surface area contributed by atoms with Crippen LogP contribution in [0.5, 0.6) is 0 Å². The van der Waals surface area contributed by atoms with Crippen LogP contribution in [0.1, 0.15) is 31.7 Å². The van der Waals surface area contributed by atoms with Crippen molar-refractivity contribution in [3.8, 4) is 0 Å². The number of aryl methyl sites for hydroxylation is 2. The Balaban J connectivity index is 2.61. The minimum absolute atomic E-state index is 0.518. The van der Waals surface area contributed by atoms with Gasteiger partial charge in [-0.3, -0.25) is 9.58 Å². The number of nitrogens with zero attached hydrogens (tertiary/aromatic N) is 3. The fraction of sp³-hybridized carbons (Fsp3) is 0.750. The molecule has 0 amide bonds. The van der Waals surface area contributed by atoms with Gasteiger partial charge >= 0.3 is 0 Å². The summed E-state index contributed by atoms with van der Waals surface area (Å²) in [5.41, 5.74) is 8.00. The minimum Gasteiger partial charge on any atom is -0.330 e. The van der Waals surface area contributed by atoms with E-state index in [9.17, 15) is 0 Å². The van der Waals surface area contributed by atoms with Gasteiger partial charge < -0.3 is 5.73 Å². The van der Waals surface area contributed by atoms with E-state index in [0.29, 0.717) is 6.04 Å². The summed E-state index contributed by atoms with van der Waals surface area (Å²) in [4.78, 5) is 2.32. The molecule has 1 rings (SSSR count). The van der Waals surface area contributed by atoms with E-state index in [2.05, 4.69) is 37.0 Å². The number of hydrogen-bond acceptors (Lipinski definition) is 3. The molecule has 1 heterocycles. The molecule has 1 aromatic heterocycles. The largest absolute Gasteiger partial charge is 0.330 e. The summed E-state index contributed by atoms with van der Waals surface area (Å²) in [5.74, 6) is 0. The molecule has 0 spiro atoms. The van der Waals surface area contributed by atoms with Crippen LogP contribution in [-0.4, -0.2) is 34.3 Å². The zero-order valence-electron chi connectivity index (χ0n) is 10.9. The Labute approximate surface area is 98.4 Å². The smallest absolute Gasteiger partial charge is 0.0625 e. The number of nitrogens with two attached hydrogens (primary N) is 1. The summed E-state index contributed by atoms with van der Waals surface area (Å²) in [5, 5.41) is 4.45. The van der Waals surface area contributed by atoms with E-state index >= 15 is 0 Å².